The van der Waals surface area contributed by atoms with Crippen LogP contribution < -0.4 is 10.7 Å². The van der Waals surface area contributed by atoms with E-state index in [4.69, 9.17) is 4.74 Å². The Morgan fingerprint density at radius 2 is 1.78 bits per heavy atom. The first-order chi connectivity index (χ1) is 31.9. The zero-order valence-electron chi connectivity index (χ0n) is 40.2. The van der Waals surface area contributed by atoms with Gasteiger partial charge in [0.25, 0.3) is 5.91 Å². The van der Waals surface area contributed by atoms with E-state index in [1.807, 2.05) is 19.9 Å². The lowest BCUT2D eigenvalue weighted by Crippen LogP contribution is -2.62. The summed E-state index contributed by atoms with van der Waals surface area (Å²) in [4.78, 5) is 74.8. The van der Waals surface area contributed by atoms with Crippen LogP contribution in [-0.4, -0.2) is 124 Å². The van der Waals surface area contributed by atoms with E-state index < -0.39 is 47.2 Å². The zero-order chi connectivity index (χ0) is 47.9. The number of benzene rings is 3. The van der Waals surface area contributed by atoms with Crippen molar-refractivity contribution in [1.29, 1.82) is 0 Å². The molecule has 14 heteroatoms. The number of hydrogen-bond donors (Lipinski definition) is 3. The van der Waals surface area contributed by atoms with Crippen LogP contribution in [0.15, 0.2) is 67.3 Å². The topological polar surface area (TPSA) is 157 Å². The fraction of sp³-hybridized carbons (Fsp3) is 0.491. The summed E-state index contributed by atoms with van der Waals surface area (Å²) in [6.45, 7) is 17.4. The number of aryl methyl sites for hydroxylation is 1. The SMILES string of the molecule is C=CC(=O)N1CC[C@H](C(=O)N(C)C(C(=O)N[C@H]2Cc3cc(O)cc(c3)-c3ccc4c(c3)c(c(-c3ccc5c(c3)CCN(C)C5)n4CC)CC(C)(C)COC(=O)[C@@H]3CCCN(N3)C2=O)C(C)C)C1. The summed E-state index contributed by atoms with van der Waals surface area (Å²) in [5.74, 6) is -2.75. The standard InChI is InChI=1S/C53H67N7O7/c1-9-46(62)58-21-18-38(30-58)50(64)57(8)47(32(3)4)49(63)54-44-24-33-22-39(26-40(61)23-33)34-15-16-45-41(27-34)42(28-53(5,6)31-67-52(66)43-12-11-19-60(55-43)51(44)65)48(59(45)10-2)36-13-14-37-29-56(7)20-17-35(37)25-36/h9,13-16,22-23,25-27,32,38,43-44,47,55,61H,1,10-12,17-21,24,28-31H2,2-8H3,(H,54,63)/t38-,43-,44-,47?/m0/s1. The van der Waals surface area contributed by atoms with Crippen LogP contribution >= 0.6 is 0 Å². The summed E-state index contributed by atoms with van der Waals surface area (Å²) < 4.78 is 8.52. The summed E-state index contributed by atoms with van der Waals surface area (Å²) in [5.41, 5.74) is 12.1. The molecule has 3 aromatic carbocycles. The predicted octanol–water partition coefficient (Wildman–Crippen LogP) is 5.85. The van der Waals surface area contributed by atoms with Gasteiger partial charge in [-0.15, -0.1) is 0 Å². The second kappa shape index (κ2) is 19.3. The minimum absolute atomic E-state index is 0.00908. The maximum atomic E-state index is 14.7. The van der Waals surface area contributed by atoms with Gasteiger partial charge < -0.3 is 34.4 Å². The number of carbonyl (C=O) groups excluding carboxylic acids is 5. The Labute approximate surface area is 394 Å². The number of cyclic esters (lactones) is 1. The van der Waals surface area contributed by atoms with Gasteiger partial charge in [0.05, 0.1) is 18.2 Å². The number of hydrogen-bond acceptors (Lipinski definition) is 9. The van der Waals surface area contributed by atoms with Crippen LogP contribution in [0.5, 0.6) is 5.75 Å². The van der Waals surface area contributed by atoms with Crippen molar-refractivity contribution < 1.29 is 33.8 Å². The Hall–Kier alpha value is -5.99. The number of phenolic OH excluding ortho intramolecular Hbond substituents is 1. The number of esters is 1. The molecule has 0 aliphatic carbocycles. The predicted molar refractivity (Wildman–Crippen MR) is 258 cm³/mol. The number of nitrogens with one attached hydrogen (secondary N) is 2. The summed E-state index contributed by atoms with van der Waals surface area (Å²) in [5, 5.41) is 16.8. The van der Waals surface area contributed by atoms with E-state index in [0.717, 1.165) is 64.9 Å². The highest BCUT2D eigenvalue weighted by Gasteiger charge is 2.40. The summed E-state index contributed by atoms with van der Waals surface area (Å²) in [6.07, 6.45) is 4.28. The molecular weight excluding hydrogens is 847 g/mol. The minimum Gasteiger partial charge on any atom is -0.508 e. The minimum atomic E-state index is -1.15. The molecule has 2 fully saturated rings. The molecule has 14 nitrogen and oxygen atoms in total. The monoisotopic (exact) mass is 914 g/mol. The fourth-order valence-corrected chi connectivity index (χ4v) is 10.8. The molecule has 2 saturated heterocycles. The van der Waals surface area contributed by atoms with Crippen molar-refractivity contribution in [3.05, 3.63) is 89.5 Å². The quantitative estimate of drug-likeness (QED) is 0.146. The maximum Gasteiger partial charge on any atom is 0.324 e. The van der Waals surface area contributed by atoms with Gasteiger partial charge in [-0.2, -0.15) is 0 Å². The molecule has 4 aliphatic heterocycles. The number of phenols is 1. The first-order valence-electron chi connectivity index (χ1n) is 24.0. The number of aromatic nitrogens is 1. The average Bonchev–Trinajstić information content (AvgIpc) is 3.92. The van der Waals surface area contributed by atoms with Gasteiger partial charge in [0.15, 0.2) is 0 Å². The van der Waals surface area contributed by atoms with E-state index >= 15 is 0 Å². The highest BCUT2D eigenvalue weighted by Crippen LogP contribution is 2.41. The number of fused-ring (bicyclic) bond motifs is 7. The number of amides is 4. The lowest BCUT2D eigenvalue weighted by molar-refractivity contribution is -0.155. The van der Waals surface area contributed by atoms with E-state index in [1.165, 1.54) is 27.1 Å². The molecule has 8 rings (SSSR count). The van der Waals surface area contributed by atoms with Crippen LogP contribution in [0.25, 0.3) is 33.3 Å². The molecule has 5 heterocycles. The first-order valence-corrected chi connectivity index (χ1v) is 24.0. The van der Waals surface area contributed by atoms with Crippen molar-refractivity contribution >= 4 is 40.5 Å². The third kappa shape index (κ3) is 9.87. The number of hydrazine groups is 1. The van der Waals surface area contributed by atoms with Gasteiger partial charge in [0.2, 0.25) is 17.7 Å². The number of aromatic hydroxyl groups is 1. The highest BCUT2D eigenvalue weighted by atomic mass is 16.5. The van der Waals surface area contributed by atoms with E-state index in [0.29, 0.717) is 44.3 Å². The second-order valence-electron chi connectivity index (χ2n) is 20.3. The van der Waals surface area contributed by atoms with Crippen molar-refractivity contribution in [2.24, 2.45) is 17.3 Å². The van der Waals surface area contributed by atoms with Crippen molar-refractivity contribution in [2.75, 3.05) is 46.9 Å². The van der Waals surface area contributed by atoms with E-state index in [1.54, 1.807) is 24.1 Å². The van der Waals surface area contributed by atoms with Crippen LogP contribution in [0.2, 0.25) is 0 Å². The molecule has 6 bridgehead atoms. The molecule has 1 aromatic heterocycles. The normalized spacial score (nSPS) is 21.6. The number of carbonyl (C=O) groups is 5. The van der Waals surface area contributed by atoms with Gasteiger partial charge in [-0.1, -0.05) is 58.5 Å². The molecule has 4 aromatic rings. The molecule has 4 atom stereocenters. The van der Waals surface area contributed by atoms with Gasteiger partial charge in [-0.05, 0) is 127 Å². The Morgan fingerprint density at radius 1 is 1.00 bits per heavy atom. The van der Waals surface area contributed by atoms with E-state index in [-0.39, 0.29) is 43.1 Å². The number of rotatable bonds is 8. The lowest BCUT2D eigenvalue weighted by Gasteiger charge is -2.37. The third-order valence-corrected chi connectivity index (χ3v) is 14.2. The van der Waals surface area contributed by atoms with E-state index in [2.05, 4.69) is 91.0 Å². The van der Waals surface area contributed by atoms with Gasteiger partial charge in [-0.25, -0.2) is 5.43 Å². The van der Waals surface area contributed by atoms with Crippen LogP contribution in [0.1, 0.15) is 76.1 Å². The summed E-state index contributed by atoms with van der Waals surface area (Å²) in [6, 6.07) is 15.6. The molecule has 0 radical (unpaired) electrons. The largest absolute Gasteiger partial charge is 0.508 e. The highest BCUT2D eigenvalue weighted by molar-refractivity contribution is 5.96. The van der Waals surface area contributed by atoms with Crippen LogP contribution in [0.4, 0.5) is 0 Å². The maximum absolute atomic E-state index is 14.7. The molecule has 1 unspecified atom stereocenters. The number of likely N-dealkylation sites (tertiary alicyclic amines) is 1. The Kier molecular flexibility index (Phi) is 13.7. The van der Waals surface area contributed by atoms with Crippen molar-refractivity contribution in [2.45, 2.75) is 104 Å². The molecule has 4 aliphatic rings. The Morgan fingerprint density at radius 3 is 2.52 bits per heavy atom. The van der Waals surface area contributed by atoms with Gasteiger partial charge in [0, 0.05) is 69.1 Å². The number of ether oxygens (including phenoxy) is 1. The van der Waals surface area contributed by atoms with Gasteiger partial charge in [-0.3, -0.25) is 29.0 Å². The summed E-state index contributed by atoms with van der Waals surface area (Å²) >= 11 is 0. The van der Waals surface area contributed by atoms with Crippen molar-refractivity contribution in [1.82, 2.24) is 35.0 Å². The molecule has 4 amide bonds. The van der Waals surface area contributed by atoms with E-state index in [9.17, 15) is 29.1 Å². The smallest absolute Gasteiger partial charge is 0.324 e. The number of likely N-dealkylation sites (N-methyl/N-ethyl adjacent to an activating group) is 2. The van der Waals surface area contributed by atoms with Crippen LogP contribution in [0.3, 0.4) is 0 Å². The number of nitrogens with zero attached hydrogens (tertiary/aromatic N) is 5. The molecule has 67 heavy (non-hydrogen) atoms. The molecule has 0 spiro atoms. The zero-order valence-corrected chi connectivity index (χ0v) is 40.2. The lowest BCUT2D eigenvalue weighted by atomic mass is 9.84. The van der Waals surface area contributed by atoms with Crippen molar-refractivity contribution in [3.8, 4) is 28.1 Å². The molecule has 3 N–H and O–H groups in total. The van der Waals surface area contributed by atoms with Gasteiger partial charge in [0.1, 0.15) is 23.9 Å². The molecule has 0 saturated carbocycles. The Bertz CT molecular complexity index is 2600. The Balaban J connectivity index is 1.19. The summed E-state index contributed by atoms with van der Waals surface area (Å²) in [7, 11) is 3.75. The second-order valence-corrected chi connectivity index (χ2v) is 20.3. The average molecular weight is 914 g/mol. The van der Waals surface area contributed by atoms with Crippen LogP contribution in [-0.2, 0) is 61.1 Å². The third-order valence-electron chi connectivity index (χ3n) is 14.2. The fourth-order valence-electron chi connectivity index (χ4n) is 10.8. The van der Waals surface area contributed by atoms with Crippen molar-refractivity contribution in [3.63, 3.8) is 0 Å². The van der Waals surface area contributed by atoms with Crippen LogP contribution in [0, 0.1) is 17.3 Å². The first kappa shape index (κ1) is 47.5. The molecule has 356 valence electrons. The molecular formula is C53H67N7O7. The van der Waals surface area contributed by atoms with Gasteiger partial charge >= 0.3 is 5.97 Å².